The van der Waals surface area contributed by atoms with Crippen LogP contribution in [0.4, 0.5) is 13.2 Å². The molecule has 3 aromatic rings. The molecule has 0 unspecified atom stereocenters. The number of aryl methyl sites for hydroxylation is 9. The Morgan fingerprint density at radius 2 is 0.500 bits per heavy atom. The highest BCUT2D eigenvalue weighted by Crippen LogP contribution is 2.76. The third-order valence-electron chi connectivity index (χ3n) is 14.8. The van der Waals surface area contributed by atoms with Gasteiger partial charge in [-0.3, -0.25) is 0 Å². The molecule has 0 aliphatic carbocycles. The van der Waals surface area contributed by atoms with Gasteiger partial charge in [0.15, 0.2) is 0 Å². The van der Waals surface area contributed by atoms with Crippen molar-refractivity contribution < 1.29 is 25.2 Å². The maximum absolute atomic E-state index is 16.0. The smallest absolute Gasteiger partial charge is 0.200 e. The molecule has 0 N–H and O–H groups in total. The van der Waals surface area contributed by atoms with Crippen molar-refractivity contribution in [1.29, 1.82) is 0 Å². The molecule has 0 aliphatic rings. The quantitative estimate of drug-likeness (QED) is 0.0420. The molecular formula is C64H105F3O3S2. The van der Waals surface area contributed by atoms with Crippen LogP contribution in [0.15, 0.2) is 51.1 Å². The van der Waals surface area contributed by atoms with Gasteiger partial charge in [-0.1, -0.05) is 214 Å². The average Bonchev–Trinajstić information content (AvgIpc) is 3.34. The van der Waals surface area contributed by atoms with Crippen LogP contribution in [0.3, 0.4) is 0 Å². The molecule has 0 aliphatic heterocycles. The molecule has 0 atom stereocenters. The number of rotatable bonds is 41. The molecule has 412 valence electrons. The fourth-order valence-corrected chi connectivity index (χ4v) is 16.8. The SMILES string of the molecule is CCCCCc1cc(CCCCC)c(S(OS(=O)(=O)C(F)(F)F)(c2c(CCCCC)cc(CCCCC)cc2CCCCC)c2c(CCCCC)cc(CCCCC)cc2CCCCC)c(CCCCC)c1. The Bertz CT molecular complexity index is 1780. The third kappa shape index (κ3) is 19.7. The number of halogens is 3. The van der Waals surface area contributed by atoms with Gasteiger partial charge in [-0.05, 0) is 176 Å². The van der Waals surface area contributed by atoms with Crippen molar-refractivity contribution in [3.63, 3.8) is 0 Å². The van der Waals surface area contributed by atoms with Gasteiger partial charge >= 0.3 is 15.6 Å². The van der Waals surface area contributed by atoms with E-state index in [-0.39, 0.29) is 0 Å². The van der Waals surface area contributed by atoms with Gasteiger partial charge in [0.2, 0.25) is 0 Å². The van der Waals surface area contributed by atoms with Crippen molar-refractivity contribution in [3.05, 3.63) is 86.5 Å². The van der Waals surface area contributed by atoms with Crippen LogP contribution in [0, 0.1) is 0 Å². The van der Waals surface area contributed by atoms with Gasteiger partial charge in [0.05, 0.1) is 0 Å². The van der Waals surface area contributed by atoms with Crippen molar-refractivity contribution >= 4 is 20.4 Å². The summed E-state index contributed by atoms with van der Waals surface area (Å²) in [6.45, 7) is 19.9. The Balaban J connectivity index is 3.06. The van der Waals surface area contributed by atoms with Crippen LogP contribution < -0.4 is 0 Å². The lowest BCUT2D eigenvalue weighted by Gasteiger charge is -2.47. The van der Waals surface area contributed by atoms with E-state index >= 15 is 21.6 Å². The second-order valence-electron chi connectivity index (χ2n) is 21.4. The molecule has 0 amide bonds. The zero-order valence-corrected chi connectivity index (χ0v) is 49.2. The van der Waals surface area contributed by atoms with E-state index in [1.54, 1.807) is 0 Å². The topological polar surface area (TPSA) is 43.4 Å². The first-order valence-corrected chi connectivity index (χ1v) is 33.0. The maximum Gasteiger partial charge on any atom is 0.524 e. The molecule has 0 saturated carbocycles. The summed E-state index contributed by atoms with van der Waals surface area (Å²) in [6, 6.07) is 13.9. The maximum atomic E-state index is 16.0. The molecule has 0 saturated heterocycles. The largest absolute Gasteiger partial charge is 0.524 e. The Kier molecular flexibility index (Phi) is 31.2. The summed E-state index contributed by atoms with van der Waals surface area (Å²) in [6.07, 6.45) is 33.3. The fraction of sp³-hybridized carbons (Fsp3) is 0.719. The first-order chi connectivity index (χ1) is 34.8. The molecule has 0 heterocycles. The van der Waals surface area contributed by atoms with Crippen molar-refractivity contribution in [2.24, 2.45) is 0 Å². The first kappa shape index (κ1) is 64.0. The van der Waals surface area contributed by atoms with Crippen molar-refractivity contribution in [2.45, 2.75) is 314 Å². The monoisotopic (exact) mass is 1040 g/mol. The second kappa shape index (κ2) is 35.1. The minimum absolute atomic E-state index is 0.659. The van der Waals surface area contributed by atoms with E-state index in [4.69, 9.17) is 3.63 Å². The number of benzene rings is 3. The summed E-state index contributed by atoms with van der Waals surface area (Å²) >= 11 is 0. The Labute approximate surface area is 443 Å². The lowest BCUT2D eigenvalue weighted by molar-refractivity contribution is -0.0496. The van der Waals surface area contributed by atoms with Crippen LogP contribution in [0.5, 0.6) is 0 Å². The lowest BCUT2D eigenvalue weighted by Crippen LogP contribution is -2.30. The summed E-state index contributed by atoms with van der Waals surface area (Å²) in [7, 11) is -9.91. The Morgan fingerprint density at radius 3 is 0.667 bits per heavy atom. The van der Waals surface area contributed by atoms with Crippen LogP contribution in [-0.4, -0.2) is 13.9 Å². The van der Waals surface area contributed by atoms with Crippen LogP contribution in [0.25, 0.3) is 0 Å². The van der Waals surface area contributed by atoms with Gasteiger partial charge in [-0.25, -0.2) is 0 Å². The van der Waals surface area contributed by atoms with E-state index in [0.29, 0.717) is 38.5 Å². The molecule has 72 heavy (non-hydrogen) atoms. The van der Waals surface area contributed by atoms with E-state index in [0.717, 1.165) is 241 Å². The number of unbranched alkanes of at least 4 members (excludes halogenated alkanes) is 18. The molecular weight excluding hydrogens is 938 g/mol. The minimum atomic E-state index is -6.20. The third-order valence-corrected chi connectivity index (χ3v) is 20.1. The normalized spacial score (nSPS) is 12.6. The molecule has 3 nitrogen and oxygen atoms in total. The Hall–Kier alpha value is -2.29. The Morgan fingerprint density at radius 1 is 0.319 bits per heavy atom. The highest BCUT2D eigenvalue weighted by molar-refractivity contribution is 8.33. The molecule has 0 aromatic heterocycles. The highest BCUT2D eigenvalue weighted by Gasteiger charge is 2.55. The summed E-state index contributed by atoms with van der Waals surface area (Å²) < 4.78 is 85.1. The second-order valence-corrected chi connectivity index (χ2v) is 25.6. The van der Waals surface area contributed by atoms with Gasteiger partial charge in [0.1, 0.15) is 0 Å². The zero-order valence-electron chi connectivity index (χ0n) is 47.6. The number of hydrogen-bond acceptors (Lipinski definition) is 3. The first-order valence-electron chi connectivity index (χ1n) is 30.1. The minimum Gasteiger partial charge on any atom is -0.200 e. The molecule has 0 radical (unpaired) electrons. The van der Waals surface area contributed by atoms with Gasteiger partial charge in [-0.15, -0.1) is 0 Å². The lowest BCUT2D eigenvalue weighted by atomic mass is 9.94. The summed E-state index contributed by atoms with van der Waals surface area (Å²) in [5.41, 5.74) is 4.06. The molecule has 0 bridgehead atoms. The molecule has 0 spiro atoms. The van der Waals surface area contributed by atoms with E-state index in [1.165, 1.54) is 16.7 Å². The zero-order chi connectivity index (χ0) is 52.8. The van der Waals surface area contributed by atoms with Crippen LogP contribution in [0.1, 0.15) is 286 Å². The predicted octanol–water partition coefficient (Wildman–Crippen LogP) is 21.3. The highest BCUT2D eigenvalue weighted by atomic mass is 32.3. The molecule has 0 fully saturated rings. The standard InChI is InChI=1S/C64H105F3O3S2/c1-10-19-28-37-52-46-55(40-31-22-13-4)61(56(47-52)41-32-23-14-5)71(70-72(68,69)64(65,66)67,62-57(42-33-24-15-6)48-53(38-29-20-11-2)49-58(62)43-34-25-16-7)63-59(44-35-26-17-8)50-54(39-30-21-12-3)51-60(63)45-36-27-18-9/h46-51H,10-45H2,1-9H3. The van der Waals surface area contributed by atoms with Crippen molar-refractivity contribution in [2.75, 3.05) is 0 Å². The molecule has 8 heteroatoms. The van der Waals surface area contributed by atoms with E-state index in [2.05, 4.69) is 98.7 Å². The predicted molar refractivity (Wildman–Crippen MR) is 307 cm³/mol. The van der Waals surface area contributed by atoms with E-state index < -0.39 is 25.9 Å². The summed E-state index contributed by atoms with van der Waals surface area (Å²) in [5.74, 6) is 0. The van der Waals surface area contributed by atoms with Crippen molar-refractivity contribution in [3.8, 4) is 0 Å². The summed E-state index contributed by atoms with van der Waals surface area (Å²) in [4.78, 5) is 2.34. The van der Waals surface area contributed by atoms with Gasteiger partial charge < -0.3 is 0 Å². The van der Waals surface area contributed by atoms with Gasteiger partial charge in [-0.2, -0.15) is 25.2 Å². The number of alkyl halides is 3. The molecule has 3 rings (SSSR count). The molecule has 3 aromatic carbocycles. The van der Waals surface area contributed by atoms with Crippen LogP contribution in [0.2, 0.25) is 0 Å². The summed E-state index contributed by atoms with van der Waals surface area (Å²) in [5, 5.41) is 0. The van der Waals surface area contributed by atoms with Crippen molar-refractivity contribution in [1.82, 2.24) is 0 Å². The van der Waals surface area contributed by atoms with Gasteiger partial charge in [0.25, 0.3) is 0 Å². The van der Waals surface area contributed by atoms with Gasteiger partial charge in [0, 0.05) is 14.7 Å². The van der Waals surface area contributed by atoms with E-state index in [1.807, 2.05) is 0 Å². The number of hydrogen-bond donors (Lipinski definition) is 0. The van der Waals surface area contributed by atoms with Crippen LogP contribution in [-0.2, 0) is 71.5 Å². The van der Waals surface area contributed by atoms with E-state index in [9.17, 15) is 0 Å². The van der Waals surface area contributed by atoms with Crippen LogP contribution >= 0.6 is 10.3 Å². The fourth-order valence-electron chi connectivity index (χ4n) is 10.8. The average molecular weight is 1040 g/mol.